The van der Waals surface area contributed by atoms with Crippen LogP contribution in [0, 0.1) is 6.92 Å². The van der Waals surface area contributed by atoms with E-state index in [0.717, 1.165) is 15.8 Å². The molecule has 2 heterocycles. The van der Waals surface area contributed by atoms with E-state index in [1.165, 1.54) is 51.4 Å². The fourth-order valence-electron chi connectivity index (χ4n) is 4.53. The summed E-state index contributed by atoms with van der Waals surface area (Å²) in [5.74, 6) is 1.43. The van der Waals surface area contributed by atoms with E-state index in [4.69, 9.17) is 23.7 Å². The Balaban J connectivity index is 1.42. The van der Waals surface area contributed by atoms with Gasteiger partial charge in [0.05, 0.1) is 50.0 Å². The molecule has 2 aromatic heterocycles. The van der Waals surface area contributed by atoms with Crippen molar-refractivity contribution >= 4 is 38.5 Å². The van der Waals surface area contributed by atoms with Crippen LogP contribution in [0.1, 0.15) is 17.3 Å². The van der Waals surface area contributed by atoms with Crippen LogP contribution in [0.25, 0.3) is 32.7 Å². The fourth-order valence-corrected chi connectivity index (χ4v) is 5.51. The molecule has 0 aliphatic heterocycles. The van der Waals surface area contributed by atoms with Gasteiger partial charge in [0.25, 0.3) is 5.91 Å². The van der Waals surface area contributed by atoms with E-state index in [0.29, 0.717) is 56.4 Å². The minimum atomic E-state index is -0.373. The number of ether oxygens (including phenoxy) is 5. The quantitative estimate of drug-likeness (QED) is 0.210. The van der Waals surface area contributed by atoms with Crippen molar-refractivity contribution in [2.45, 2.75) is 13.8 Å². The highest BCUT2D eigenvalue weighted by molar-refractivity contribution is 7.22. The summed E-state index contributed by atoms with van der Waals surface area (Å²) >= 11 is 1.39. The van der Waals surface area contributed by atoms with Gasteiger partial charge in [0, 0.05) is 18.1 Å². The van der Waals surface area contributed by atoms with Crippen molar-refractivity contribution in [1.82, 2.24) is 14.8 Å². The number of aryl methyl sites for hydroxylation is 1. The Kier molecular flexibility index (Phi) is 8.48. The van der Waals surface area contributed by atoms with Gasteiger partial charge < -0.3 is 23.7 Å². The monoisotopic (exact) mass is 602 g/mol. The number of fused-ring (bicyclic) bond motifs is 1. The second-order valence-electron chi connectivity index (χ2n) is 9.45. The number of hydrogen-bond acceptors (Lipinski definition) is 10. The highest BCUT2D eigenvalue weighted by atomic mass is 32.1. The summed E-state index contributed by atoms with van der Waals surface area (Å²) in [7, 11) is 6.09. The van der Waals surface area contributed by atoms with E-state index in [-0.39, 0.29) is 18.4 Å². The van der Waals surface area contributed by atoms with Crippen molar-refractivity contribution in [1.29, 1.82) is 0 Å². The van der Waals surface area contributed by atoms with Crippen molar-refractivity contribution in [3.63, 3.8) is 0 Å². The number of carbonyl (C=O) groups is 2. The first-order chi connectivity index (χ1) is 20.7. The normalized spacial score (nSPS) is 10.8. The summed E-state index contributed by atoms with van der Waals surface area (Å²) in [5, 5.41) is 7.83. The van der Waals surface area contributed by atoms with Crippen LogP contribution in [0.2, 0.25) is 0 Å². The molecule has 43 heavy (non-hydrogen) atoms. The molecule has 0 radical (unpaired) electrons. The average Bonchev–Trinajstić information content (AvgIpc) is 3.63. The standard InChI is InChI=1S/C31H30N4O7S/c1-17-7-9-21-28(11-17)43-31(32-21)33-29(37)16-42-25-12-19(8-10-24(25)38-3)23-15-22(34-35(23)18(2)36)20-13-26(39-4)30(41-6)27(14-20)40-5/h7-15H,16H2,1-6H3,(H,32,33,37). The SMILES string of the molecule is COc1ccc(-c2cc(-c3cc(OC)c(OC)c(OC)c3)nn2C(C)=O)cc1OCC(=O)Nc1nc2ccc(C)cc2s1. The van der Waals surface area contributed by atoms with Gasteiger partial charge in [-0.3, -0.25) is 14.9 Å². The summed E-state index contributed by atoms with van der Waals surface area (Å²) in [5.41, 5.74) is 4.23. The molecular formula is C31H30N4O7S. The third kappa shape index (κ3) is 6.09. The van der Waals surface area contributed by atoms with Gasteiger partial charge in [-0.2, -0.15) is 9.78 Å². The zero-order chi connectivity index (χ0) is 30.7. The number of thiazole rings is 1. The first-order valence-electron chi connectivity index (χ1n) is 13.1. The maximum absolute atomic E-state index is 12.7. The lowest BCUT2D eigenvalue weighted by molar-refractivity contribution is -0.118. The van der Waals surface area contributed by atoms with Crippen molar-refractivity contribution in [3.05, 3.63) is 60.2 Å². The van der Waals surface area contributed by atoms with Gasteiger partial charge in [0.2, 0.25) is 11.7 Å². The molecule has 0 saturated carbocycles. The van der Waals surface area contributed by atoms with Crippen LogP contribution in [0.4, 0.5) is 5.13 Å². The summed E-state index contributed by atoms with van der Waals surface area (Å²) in [6, 6.07) is 16.4. The van der Waals surface area contributed by atoms with Crippen LogP contribution >= 0.6 is 11.3 Å². The summed E-state index contributed by atoms with van der Waals surface area (Å²) < 4.78 is 30.0. The van der Waals surface area contributed by atoms with Gasteiger partial charge in [0.15, 0.2) is 34.7 Å². The lowest BCUT2D eigenvalue weighted by Crippen LogP contribution is -2.20. The third-order valence-corrected chi connectivity index (χ3v) is 7.51. The Hall–Kier alpha value is -5.10. The van der Waals surface area contributed by atoms with E-state index < -0.39 is 0 Å². The number of amides is 1. The Morgan fingerprint density at radius 1 is 0.837 bits per heavy atom. The molecule has 0 atom stereocenters. The number of hydrogen-bond donors (Lipinski definition) is 1. The molecule has 0 saturated heterocycles. The fraction of sp³-hybridized carbons (Fsp3) is 0.226. The zero-order valence-electron chi connectivity index (χ0n) is 24.5. The van der Waals surface area contributed by atoms with Crippen molar-refractivity contribution in [3.8, 4) is 51.3 Å². The maximum atomic E-state index is 12.7. The molecule has 1 N–H and O–H groups in total. The molecular weight excluding hydrogens is 572 g/mol. The molecule has 0 fully saturated rings. The molecule has 5 aromatic rings. The van der Waals surface area contributed by atoms with Crippen LogP contribution < -0.4 is 29.0 Å². The number of benzene rings is 3. The molecule has 1 amide bonds. The molecule has 222 valence electrons. The predicted molar refractivity (Wildman–Crippen MR) is 164 cm³/mol. The number of nitrogens with zero attached hydrogens (tertiary/aromatic N) is 3. The Morgan fingerprint density at radius 2 is 1.53 bits per heavy atom. The van der Waals surface area contributed by atoms with Crippen molar-refractivity contribution < 1.29 is 33.3 Å². The largest absolute Gasteiger partial charge is 0.493 e. The summed E-state index contributed by atoms with van der Waals surface area (Å²) in [6.07, 6.45) is 0. The molecule has 0 aliphatic rings. The second kappa shape index (κ2) is 12.4. The molecule has 5 rings (SSSR count). The Bertz CT molecular complexity index is 1800. The summed E-state index contributed by atoms with van der Waals surface area (Å²) in [6.45, 7) is 3.14. The minimum Gasteiger partial charge on any atom is -0.493 e. The number of rotatable bonds is 10. The number of nitrogens with one attached hydrogen (secondary N) is 1. The van der Waals surface area contributed by atoms with E-state index in [9.17, 15) is 9.59 Å². The number of aromatic nitrogens is 3. The van der Waals surface area contributed by atoms with E-state index in [1.807, 2.05) is 25.1 Å². The van der Waals surface area contributed by atoms with Gasteiger partial charge >= 0.3 is 0 Å². The second-order valence-corrected chi connectivity index (χ2v) is 10.5. The third-order valence-electron chi connectivity index (χ3n) is 6.58. The molecule has 0 bridgehead atoms. The first kappa shape index (κ1) is 29.4. The zero-order valence-corrected chi connectivity index (χ0v) is 25.3. The highest BCUT2D eigenvalue weighted by Gasteiger charge is 2.20. The molecule has 0 spiro atoms. The Morgan fingerprint density at radius 3 is 2.19 bits per heavy atom. The van der Waals surface area contributed by atoms with Crippen molar-refractivity contribution in [2.24, 2.45) is 0 Å². The average molecular weight is 603 g/mol. The number of anilines is 1. The topological polar surface area (TPSA) is 123 Å². The van der Waals surface area contributed by atoms with Crippen LogP contribution in [-0.4, -0.2) is 61.6 Å². The maximum Gasteiger partial charge on any atom is 0.264 e. The summed E-state index contributed by atoms with van der Waals surface area (Å²) in [4.78, 5) is 29.8. The number of methoxy groups -OCH3 is 4. The van der Waals surface area contributed by atoms with E-state index >= 15 is 0 Å². The molecule has 0 unspecified atom stereocenters. The minimum absolute atomic E-state index is 0.280. The smallest absolute Gasteiger partial charge is 0.264 e. The van der Waals surface area contributed by atoms with Gasteiger partial charge in [-0.15, -0.1) is 0 Å². The predicted octanol–water partition coefficient (Wildman–Crippen LogP) is 5.85. The Labute approximate surface area is 251 Å². The van der Waals surface area contributed by atoms with Crippen LogP contribution in [0.5, 0.6) is 28.7 Å². The van der Waals surface area contributed by atoms with Gasteiger partial charge in [-0.25, -0.2) is 4.98 Å². The van der Waals surface area contributed by atoms with E-state index in [2.05, 4.69) is 15.4 Å². The molecule has 0 aliphatic carbocycles. The van der Waals surface area contributed by atoms with Crippen LogP contribution in [-0.2, 0) is 4.79 Å². The molecule has 12 heteroatoms. The van der Waals surface area contributed by atoms with Crippen molar-refractivity contribution in [2.75, 3.05) is 40.4 Å². The van der Waals surface area contributed by atoms with E-state index in [1.54, 1.807) is 36.4 Å². The first-order valence-corrected chi connectivity index (χ1v) is 14.0. The van der Waals surface area contributed by atoms with Crippen LogP contribution in [0.15, 0.2) is 54.6 Å². The van der Waals surface area contributed by atoms with Gasteiger partial charge in [-0.1, -0.05) is 17.4 Å². The van der Waals surface area contributed by atoms with Crippen LogP contribution in [0.3, 0.4) is 0 Å². The number of carbonyl (C=O) groups excluding carboxylic acids is 2. The molecule has 11 nitrogen and oxygen atoms in total. The molecule has 3 aromatic carbocycles. The van der Waals surface area contributed by atoms with Gasteiger partial charge in [-0.05, 0) is 61.0 Å². The highest BCUT2D eigenvalue weighted by Crippen LogP contribution is 2.42. The van der Waals surface area contributed by atoms with Gasteiger partial charge in [0.1, 0.15) is 0 Å². The lowest BCUT2D eigenvalue weighted by atomic mass is 10.1. The lowest BCUT2D eigenvalue weighted by Gasteiger charge is -2.13.